The predicted molar refractivity (Wildman–Crippen MR) is 121 cm³/mol. The third-order valence-electron chi connectivity index (χ3n) is 4.84. The minimum atomic E-state index is -2.11. The highest BCUT2D eigenvalue weighted by Crippen LogP contribution is 2.38. The van der Waals surface area contributed by atoms with E-state index in [0.717, 1.165) is 30.9 Å². The van der Waals surface area contributed by atoms with Gasteiger partial charge in [-0.2, -0.15) is 0 Å². The Balaban J connectivity index is 1.71. The van der Waals surface area contributed by atoms with E-state index in [1.54, 1.807) is 16.7 Å². The number of amides is 1. The number of benzene rings is 1. The number of hydrogen-bond donors (Lipinski definition) is 2. The summed E-state index contributed by atoms with van der Waals surface area (Å²) in [6, 6.07) is 5.77. The molecule has 0 saturated heterocycles. The van der Waals surface area contributed by atoms with Gasteiger partial charge in [0, 0.05) is 46.9 Å². The highest BCUT2D eigenvalue weighted by Gasteiger charge is 2.31. The van der Waals surface area contributed by atoms with Crippen LogP contribution in [0, 0.1) is 5.82 Å². The van der Waals surface area contributed by atoms with Crippen molar-refractivity contribution in [1.82, 2.24) is 14.3 Å². The fourth-order valence-corrected chi connectivity index (χ4v) is 4.06. The topological polar surface area (TPSA) is 101 Å². The second kappa shape index (κ2) is 8.55. The average Bonchev–Trinajstić information content (AvgIpc) is 3.57. The highest BCUT2D eigenvalue weighted by molar-refractivity contribution is 7.97. The molecule has 1 fully saturated rings. The Morgan fingerprint density at radius 1 is 1.25 bits per heavy atom. The molecule has 0 atom stereocenters. The molecule has 4 rings (SSSR count). The lowest BCUT2D eigenvalue weighted by molar-refractivity contribution is -0.118. The number of fused-ring (bicyclic) bond motifs is 1. The third-order valence-corrected chi connectivity index (χ3v) is 6.10. The Bertz CT molecular complexity index is 1300. The van der Waals surface area contributed by atoms with Gasteiger partial charge in [-0.05, 0) is 37.1 Å². The largest absolute Gasteiger partial charge is 0.477 e. The molecule has 32 heavy (non-hydrogen) atoms. The van der Waals surface area contributed by atoms with E-state index in [1.165, 1.54) is 18.5 Å². The molecule has 1 saturated carbocycles. The lowest BCUT2D eigenvalue weighted by Gasteiger charge is -2.14. The van der Waals surface area contributed by atoms with Crippen LogP contribution in [-0.4, -0.2) is 30.3 Å². The zero-order valence-electron chi connectivity index (χ0n) is 15.9. The lowest BCUT2D eigenvalue weighted by Crippen LogP contribution is -2.29. The van der Waals surface area contributed by atoms with Crippen molar-refractivity contribution in [2.24, 2.45) is 0 Å². The van der Waals surface area contributed by atoms with Crippen LogP contribution in [0.3, 0.4) is 0 Å². The van der Waals surface area contributed by atoms with E-state index in [1.807, 2.05) is 0 Å². The molecule has 1 aliphatic carbocycles. The van der Waals surface area contributed by atoms with Crippen LogP contribution in [0.1, 0.15) is 29.2 Å². The van der Waals surface area contributed by atoms with Gasteiger partial charge in [-0.1, -0.05) is 34.8 Å². The summed E-state index contributed by atoms with van der Waals surface area (Å²) in [5, 5.41) is 9.72. The van der Waals surface area contributed by atoms with Crippen LogP contribution < -0.4 is 10.2 Å². The number of aromatic nitrogens is 2. The van der Waals surface area contributed by atoms with Gasteiger partial charge in [0.2, 0.25) is 5.43 Å². The van der Waals surface area contributed by atoms with Gasteiger partial charge in [0.05, 0.1) is 5.52 Å². The van der Waals surface area contributed by atoms with Crippen LogP contribution in [0.25, 0.3) is 22.0 Å². The van der Waals surface area contributed by atoms with Crippen molar-refractivity contribution in [1.29, 1.82) is 0 Å². The van der Waals surface area contributed by atoms with Gasteiger partial charge >= 0.3 is 5.97 Å². The minimum absolute atomic E-state index is 0.00704. The maximum absolute atomic E-state index is 14.9. The number of rotatable bonds is 5. The Kier molecular flexibility index (Phi) is 6.10. The zero-order valence-corrected chi connectivity index (χ0v) is 19.0. The molecular formula is C20H13Cl3FN3O4S. The van der Waals surface area contributed by atoms with E-state index in [2.05, 4.69) is 9.71 Å². The van der Waals surface area contributed by atoms with Gasteiger partial charge in [-0.15, -0.1) is 0 Å². The van der Waals surface area contributed by atoms with E-state index in [9.17, 15) is 23.9 Å². The SMILES string of the molecule is O=C(O)c1cn(C2CC2)c2cc(-c3ccc(SNC(=O)C(Cl)(Cl)Cl)nc3)c(F)cc2c1=O. The van der Waals surface area contributed by atoms with Crippen molar-refractivity contribution in [3.63, 3.8) is 0 Å². The number of hydrogen-bond acceptors (Lipinski definition) is 5. The molecule has 0 radical (unpaired) electrons. The molecule has 0 spiro atoms. The van der Waals surface area contributed by atoms with E-state index in [-0.39, 0.29) is 17.0 Å². The Morgan fingerprint density at radius 3 is 2.53 bits per heavy atom. The number of carbonyl (C=O) groups excluding carboxylic acids is 1. The average molecular weight is 517 g/mol. The molecular weight excluding hydrogens is 504 g/mol. The molecule has 2 heterocycles. The van der Waals surface area contributed by atoms with E-state index >= 15 is 0 Å². The maximum atomic E-state index is 14.9. The van der Waals surface area contributed by atoms with Crippen LogP contribution in [0.4, 0.5) is 4.39 Å². The molecule has 2 N–H and O–H groups in total. The van der Waals surface area contributed by atoms with Gasteiger partial charge in [-0.25, -0.2) is 14.2 Å². The summed E-state index contributed by atoms with van der Waals surface area (Å²) in [4.78, 5) is 39.8. The van der Waals surface area contributed by atoms with E-state index < -0.39 is 32.5 Å². The standard InChI is InChI=1S/C20H13Cl3FN3O4S/c21-20(22,23)19(31)26-32-16-4-1-9(7-25-16)11-6-15-12(5-14(11)24)17(28)13(18(29)30)8-27(15)10-2-3-10/h1,4-8,10H,2-3H2,(H,26,31)(H,29,30). The van der Waals surface area contributed by atoms with Gasteiger partial charge in [0.15, 0.2) is 0 Å². The Morgan fingerprint density at radius 2 is 1.97 bits per heavy atom. The normalized spacial score (nSPS) is 13.9. The molecule has 7 nitrogen and oxygen atoms in total. The van der Waals surface area contributed by atoms with Crippen LogP contribution >= 0.6 is 46.8 Å². The van der Waals surface area contributed by atoms with Crippen molar-refractivity contribution in [2.75, 3.05) is 0 Å². The number of pyridine rings is 2. The van der Waals surface area contributed by atoms with Crippen LogP contribution in [0.2, 0.25) is 0 Å². The van der Waals surface area contributed by atoms with Crippen molar-refractivity contribution in [3.8, 4) is 11.1 Å². The van der Waals surface area contributed by atoms with Crippen molar-refractivity contribution < 1.29 is 19.1 Å². The predicted octanol–water partition coefficient (Wildman–Crippen LogP) is 4.73. The molecule has 1 aromatic carbocycles. The van der Waals surface area contributed by atoms with Crippen molar-refractivity contribution >= 4 is 69.5 Å². The number of aromatic carboxylic acids is 1. The summed E-state index contributed by atoms with van der Waals surface area (Å²) in [6.07, 6.45) is 4.41. The molecule has 0 aliphatic heterocycles. The van der Waals surface area contributed by atoms with Crippen LogP contribution in [0.15, 0.2) is 46.5 Å². The van der Waals surface area contributed by atoms with Crippen LogP contribution in [-0.2, 0) is 4.79 Å². The number of carbonyl (C=O) groups is 2. The number of alkyl halides is 3. The first-order valence-electron chi connectivity index (χ1n) is 9.18. The number of nitrogens with one attached hydrogen (secondary N) is 1. The van der Waals surface area contributed by atoms with Gasteiger partial charge < -0.3 is 9.67 Å². The third kappa shape index (κ3) is 4.56. The zero-order chi connectivity index (χ0) is 23.2. The number of nitrogens with zero attached hydrogens (tertiary/aromatic N) is 2. The Hall–Kier alpha value is -2.33. The molecule has 1 aliphatic rings. The molecule has 2 aromatic heterocycles. The summed E-state index contributed by atoms with van der Waals surface area (Å²) in [7, 11) is 0. The molecule has 166 valence electrons. The quantitative estimate of drug-likeness (QED) is 0.376. The number of halogens is 4. The van der Waals surface area contributed by atoms with Gasteiger partial charge in [0.1, 0.15) is 16.4 Å². The van der Waals surface area contributed by atoms with E-state index in [4.69, 9.17) is 34.8 Å². The summed E-state index contributed by atoms with van der Waals surface area (Å²) in [5.74, 6) is -2.88. The smallest absolute Gasteiger partial charge is 0.341 e. The fraction of sp³-hybridized carbons (Fsp3) is 0.200. The molecule has 0 unspecified atom stereocenters. The van der Waals surface area contributed by atoms with Gasteiger partial charge in [-0.3, -0.25) is 14.3 Å². The fourth-order valence-electron chi connectivity index (χ4n) is 3.15. The molecule has 1 amide bonds. The van der Waals surface area contributed by atoms with Crippen molar-refractivity contribution in [3.05, 3.63) is 58.3 Å². The molecule has 3 aromatic rings. The van der Waals surface area contributed by atoms with E-state index in [0.29, 0.717) is 16.1 Å². The second-order valence-electron chi connectivity index (χ2n) is 7.08. The lowest BCUT2D eigenvalue weighted by atomic mass is 10.0. The van der Waals surface area contributed by atoms with Crippen molar-refractivity contribution in [2.45, 2.75) is 27.7 Å². The minimum Gasteiger partial charge on any atom is -0.477 e. The van der Waals surface area contributed by atoms with Crippen LogP contribution in [0.5, 0.6) is 0 Å². The summed E-state index contributed by atoms with van der Waals surface area (Å²) in [5.41, 5.74) is -0.0458. The molecule has 12 heteroatoms. The van der Waals surface area contributed by atoms with Gasteiger partial charge in [0.25, 0.3) is 9.70 Å². The number of carboxylic acids is 1. The summed E-state index contributed by atoms with van der Waals surface area (Å²) in [6.45, 7) is 0. The first kappa shape index (κ1) is 22.8. The maximum Gasteiger partial charge on any atom is 0.341 e. The molecule has 0 bridgehead atoms. The highest BCUT2D eigenvalue weighted by atomic mass is 35.6. The monoisotopic (exact) mass is 515 g/mol. The number of carboxylic acid groups (broad SMARTS) is 1. The Labute approximate surface area is 199 Å². The first-order chi connectivity index (χ1) is 15.1. The summed E-state index contributed by atoms with van der Waals surface area (Å²) < 4.78 is 16.9. The first-order valence-corrected chi connectivity index (χ1v) is 11.1. The second-order valence-corrected chi connectivity index (χ2v) is 10.2. The summed E-state index contributed by atoms with van der Waals surface area (Å²) >= 11 is 17.3.